The lowest BCUT2D eigenvalue weighted by atomic mass is 10.2. The van der Waals surface area contributed by atoms with E-state index in [0.29, 0.717) is 13.0 Å². The summed E-state index contributed by atoms with van der Waals surface area (Å²) in [6, 6.07) is 0. The van der Waals surface area contributed by atoms with Crippen LogP contribution in [0.3, 0.4) is 0 Å². The first-order chi connectivity index (χ1) is 7.60. The lowest BCUT2D eigenvalue weighted by Crippen LogP contribution is -2.09. The number of hydrogen-bond donors (Lipinski definition) is 0. The molecule has 16 heavy (non-hydrogen) atoms. The highest BCUT2D eigenvalue weighted by molar-refractivity contribution is 9.11. The molecule has 5 heteroatoms. The van der Waals surface area contributed by atoms with Gasteiger partial charge in [0.1, 0.15) is 0 Å². The molecule has 0 spiro atoms. The Morgan fingerprint density at radius 2 is 2.25 bits per heavy atom. The van der Waals surface area contributed by atoms with Gasteiger partial charge in [0.05, 0.1) is 25.8 Å². The number of aromatic nitrogens is 2. The largest absolute Gasteiger partial charge is 0.469 e. The first-order valence-electron chi connectivity index (χ1n) is 4.97. The van der Waals surface area contributed by atoms with Gasteiger partial charge in [-0.05, 0) is 24.9 Å². The summed E-state index contributed by atoms with van der Waals surface area (Å²) in [5, 5.41) is 4.37. The molecule has 1 aromatic rings. The molecule has 1 aromatic heterocycles. The van der Waals surface area contributed by atoms with E-state index < -0.39 is 0 Å². The van der Waals surface area contributed by atoms with Crippen molar-refractivity contribution < 1.29 is 9.53 Å². The number of carbonyl (C=O) groups is 1. The molecule has 0 saturated carbocycles. The number of carbonyl (C=O) groups excluding carboxylic acids is 1. The number of esters is 1. The van der Waals surface area contributed by atoms with Crippen LogP contribution in [-0.4, -0.2) is 22.9 Å². The molecule has 0 fully saturated rings. The van der Waals surface area contributed by atoms with E-state index in [2.05, 4.69) is 25.8 Å². The lowest BCUT2D eigenvalue weighted by Gasteiger charge is -2.03. The lowest BCUT2D eigenvalue weighted by molar-refractivity contribution is -0.140. The standard InChI is InChI=1S/C11H15BrN2O2/c1-8-10(4-6-12)9(2)14(13-8)7-5-11(15)16-3/h4,6H,5,7H2,1-3H3/b6-4+. The van der Waals surface area contributed by atoms with Crippen molar-refractivity contribution in [2.45, 2.75) is 26.8 Å². The van der Waals surface area contributed by atoms with E-state index in [-0.39, 0.29) is 5.97 Å². The Labute approximate surface area is 103 Å². The number of nitrogens with zero attached hydrogens (tertiary/aromatic N) is 2. The number of hydrogen-bond acceptors (Lipinski definition) is 3. The normalized spacial score (nSPS) is 11.0. The van der Waals surface area contributed by atoms with Crippen LogP contribution < -0.4 is 0 Å². The van der Waals surface area contributed by atoms with Crippen molar-refractivity contribution in [3.63, 3.8) is 0 Å². The fourth-order valence-corrected chi connectivity index (χ4v) is 1.80. The van der Waals surface area contributed by atoms with E-state index >= 15 is 0 Å². The molecule has 0 atom stereocenters. The molecular weight excluding hydrogens is 272 g/mol. The Bertz CT molecular complexity index is 410. The van der Waals surface area contributed by atoms with Crippen molar-refractivity contribution in [1.29, 1.82) is 0 Å². The third kappa shape index (κ3) is 2.95. The highest BCUT2D eigenvalue weighted by Gasteiger charge is 2.10. The highest BCUT2D eigenvalue weighted by Crippen LogP contribution is 2.15. The van der Waals surface area contributed by atoms with Gasteiger partial charge in [-0.1, -0.05) is 15.9 Å². The molecule has 0 N–H and O–H groups in total. The van der Waals surface area contributed by atoms with E-state index in [4.69, 9.17) is 0 Å². The second-order valence-electron chi connectivity index (χ2n) is 3.43. The molecule has 4 nitrogen and oxygen atoms in total. The molecular formula is C11H15BrN2O2. The van der Waals surface area contributed by atoms with Crippen LogP contribution in [0, 0.1) is 13.8 Å². The predicted molar refractivity (Wildman–Crippen MR) is 66.3 cm³/mol. The maximum Gasteiger partial charge on any atom is 0.307 e. The Morgan fingerprint density at radius 3 is 2.81 bits per heavy atom. The maximum absolute atomic E-state index is 11.0. The van der Waals surface area contributed by atoms with E-state index in [1.165, 1.54) is 7.11 Å². The van der Waals surface area contributed by atoms with Gasteiger partial charge >= 0.3 is 5.97 Å². The number of halogens is 1. The zero-order valence-electron chi connectivity index (χ0n) is 9.66. The summed E-state index contributed by atoms with van der Waals surface area (Å²) in [7, 11) is 1.39. The first-order valence-corrected chi connectivity index (χ1v) is 5.89. The molecule has 0 unspecified atom stereocenters. The van der Waals surface area contributed by atoms with Crippen LogP contribution in [0.25, 0.3) is 6.08 Å². The van der Waals surface area contributed by atoms with Crippen molar-refractivity contribution in [3.05, 3.63) is 21.9 Å². The molecule has 0 aliphatic rings. The summed E-state index contributed by atoms with van der Waals surface area (Å²) < 4.78 is 6.42. The van der Waals surface area contributed by atoms with Gasteiger partial charge < -0.3 is 4.74 Å². The molecule has 0 aromatic carbocycles. The van der Waals surface area contributed by atoms with Crippen LogP contribution in [0.5, 0.6) is 0 Å². The number of ether oxygens (including phenoxy) is 1. The average molecular weight is 287 g/mol. The molecule has 0 radical (unpaired) electrons. The van der Waals surface area contributed by atoms with E-state index in [9.17, 15) is 4.79 Å². The quantitative estimate of drug-likeness (QED) is 0.799. The van der Waals surface area contributed by atoms with Gasteiger partial charge in [-0.15, -0.1) is 0 Å². The van der Waals surface area contributed by atoms with Gasteiger partial charge in [0.15, 0.2) is 0 Å². The zero-order chi connectivity index (χ0) is 12.1. The smallest absolute Gasteiger partial charge is 0.307 e. The van der Waals surface area contributed by atoms with E-state index in [1.54, 1.807) is 4.99 Å². The molecule has 88 valence electrons. The van der Waals surface area contributed by atoms with Gasteiger partial charge in [0, 0.05) is 11.3 Å². The van der Waals surface area contributed by atoms with Crippen molar-refractivity contribution in [1.82, 2.24) is 9.78 Å². The third-order valence-electron chi connectivity index (χ3n) is 2.42. The number of methoxy groups -OCH3 is 1. The molecule has 0 saturated heterocycles. The Balaban J connectivity index is 2.82. The monoisotopic (exact) mass is 286 g/mol. The topological polar surface area (TPSA) is 44.1 Å². The summed E-state index contributed by atoms with van der Waals surface area (Å²) in [6.45, 7) is 4.49. The zero-order valence-corrected chi connectivity index (χ0v) is 11.2. The van der Waals surface area contributed by atoms with Gasteiger partial charge in [0.2, 0.25) is 0 Å². The minimum Gasteiger partial charge on any atom is -0.469 e. The molecule has 0 aliphatic carbocycles. The molecule has 1 rings (SSSR count). The third-order valence-corrected chi connectivity index (χ3v) is 2.69. The van der Waals surface area contributed by atoms with Crippen LogP contribution in [0.1, 0.15) is 23.4 Å². The minimum atomic E-state index is -0.217. The molecule has 0 amide bonds. The highest BCUT2D eigenvalue weighted by atomic mass is 79.9. The SMILES string of the molecule is COC(=O)CCn1nc(C)c(/C=C/Br)c1C. The number of aryl methyl sites for hydroxylation is 2. The summed E-state index contributed by atoms with van der Waals surface area (Å²) in [4.78, 5) is 12.8. The summed E-state index contributed by atoms with van der Waals surface area (Å²) in [5.41, 5.74) is 3.09. The van der Waals surface area contributed by atoms with Crippen LogP contribution in [0.2, 0.25) is 0 Å². The van der Waals surface area contributed by atoms with Gasteiger partial charge in [0.25, 0.3) is 0 Å². The minimum absolute atomic E-state index is 0.217. The Morgan fingerprint density at radius 1 is 1.56 bits per heavy atom. The summed E-state index contributed by atoms with van der Waals surface area (Å²) in [5.74, 6) is -0.217. The first kappa shape index (κ1) is 13.0. The van der Waals surface area contributed by atoms with Crippen LogP contribution >= 0.6 is 15.9 Å². The van der Waals surface area contributed by atoms with E-state index in [0.717, 1.165) is 17.0 Å². The molecule has 1 heterocycles. The Kier molecular flexibility index (Phi) is 4.73. The van der Waals surface area contributed by atoms with E-state index in [1.807, 2.05) is 24.6 Å². The van der Waals surface area contributed by atoms with Crippen molar-refractivity contribution in [2.75, 3.05) is 7.11 Å². The summed E-state index contributed by atoms with van der Waals surface area (Å²) in [6.07, 6.45) is 2.29. The van der Waals surface area contributed by atoms with Crippen molar-refractivity contribution >= 4 is 28.0 Å². The van der Waals surface area contributed by atoms with Crippen molar-refractivity contribution in [3.8, 4) is 0 Å². The second kappa shape index (κ2) is 5.84. The van der Waals surface area contributed by atoms with Crippen LogP contribution in [0.15, 0.2) is 4.99 Å². The predicted octanol–water partition coefficient (Wildman–Crippen LogP) is 2.43. The van der Waals surface area contributed by atoms with Crippen molar-refractivity contribution in [2.24, 2.45) is 0 Å². The van der Waals surface area contributed by atoms with Gasteiger partial charge in [-0.25, -0.2) is 0 Å². The Hall–Kier alpha value is -1.10. The maximum atomic E-state index is 11.0. The summed E-state index contributed by atoms with van der Waals surface area (Å²) >= 11 is 3.25. The van der Waals surface area contributed by atoms with Gasteiger partial charge in [-0.3, -0.25) is 9.48 Å². The van der Waals surface area contributed by atoms with Crippen LogP contribution in [0.4, 0.5) is 0 Å². The average Bonchev–Trinajstić information content (AvgIpc) is 2.54. The molecule has 0 aliphatic heterocycles. The van der Waals surface area contributed by atoms with Crippen LogP contribution in [-0.2, 0) is 16.1 Å². The second-order valence-corrected chi connectivity index (χ2v) is 3.96. The molecule has 0 bridgehead atoms. The van der Waals surface area contributed by atoms with Gasteiger partial charge in [-0.2, -0.15) is 5.10 Å². The number of rotatable bonds is 4. The fraction of sp³-hybridized carbons (Fsp3) is 0.455. The fourth-order valence-electron chi connectivity index (χ4n) is 1.53.